The van der Waals surface area contributed by atoms with Gasteiger partial charge in [-0.1, -0.05) is 30.3 Å². The van der Waals surface area contributed by atoms with Gasteiger partial charge in [0.1, 0.15) is 6.04 Å². The first-order chi connectivity index (χ1) is 9.75. The second-order valence-electron chi connectivity index (χ2n) is 5.09. The van der Waals surface area contributed by atoms with Crippen LogP contribution < -0.4 is 10.6 Å². The molecule has 2 aromatic carbocycles. The quantitative estimate of drug-likeness (QED) is 0.831. The van der Waals surface area contributed by atoms with Crippen molar-refractivity contribution in [3.63, 3.8) is 0 Å². The molecule has 2 unspecified atom stereocenters. The van der Waals surface area contributed by atoms with Gasteiger partial charge in [0, 0.05) is 16.9 Å². The van der Waals surface area contributed by atoms with Crippen LogP contribution in [0.2, 0.25) is 0 Å². The summed E-state index contributed by atoms with van der Waals surface area (Å²) in [6.45, 7) is 0. The Morgan fingerprint density at radius 1 is 0.850 bits per heavy atom. The topological polar surface area (TPSA) is 58.2 Å². The molecule has 1 amide bonds. The number of amides is 1. The summed E-state index contributed by atoms with van der Waals surface area (Å²) in [5.41, 5.74) is 3.15. The Labute approximate surface area is 115 Å². The summed E-state index contributed by atoms with van der Waals surface area (Å²) in [6.07, 6.45) is 0. The average Bonchev–Trinajstić information content (AvgIpc) is 2.96. The standard InChI is InChI=1S/C16H12N2O2/c19-15-10-6-2-4-8-12(10)17-14(15)13-9-5-1-3-7-11(9)18-16(13)20/h1-8,13-14,17H,(H,18,20). The van der Waals surface area contributed by atoms with E-state index in [1.54, 1.807) is 6.07 Å². The predicted molar refractivity (Wildman–Crippen MR) is 76.0 cm³/mol. The molecular weight excluding hydrogens is 252 g/mol. The number of anilines is 2. The minimum Gasteiger partial charge on any atom is -0.373 e. The molecule has 20 heavy (non-hydrogen) atoms. The van der Waals surface area contributed by atoms with Crippen LogP contribution in [0.3, 0.4) is 0 Å². The number of rotatable bonds is 1. The SMILES string of the molecule is O=C1c2ccccc2NC1C1C(=O)Nc2ccccc21. The zero-order chi connectivity index (χ0) is 13.7. The molecule has 4 rings (SSSR count). The van der Waals surface area contributed by atoms with Crippen LogP contribution in [0.15, 0.2) is 48.5 Å². The largest absolute Gasteiger partial charge is 0.373 e. The van der Waals surface area contributed by atoms with Gasteiger partial charge in [-0.3, -0.25) is 9.59 Å². The minimum atomic E-state index is -0.518. The van der Waals surface area contributed by atoms with Crippen LogP contribution in [0.4, 0.5) is 11.4 Å². The molecule has 2 aliphatic rings. The maximum atomic E-state index is 12.5. The van der Waals surface area contributed by atoms with Gasteiger partial charge in [-0.2, -0.15) is 0 Å². The molecule has 2 N–H and O–H groups in total. The minimum absolute atomic E-state index is 0.0162. The van der Waals surface area contributed by atoms with Gasteiger partial charge in [0.05, 0.1) is 5.92 Å². The highest BCUT2D eigenvalue weighted by Crippen LogP contribution is 2.39. The molecule has 2 atom stereocenters. The van der Waals surface area contributed by atoms with Crippen LogP contribution in [-0.2, 0) is 4.79 Å². The molecule has 0 radical (unpaired) electrons. The van der Waals surface area contributed by atoms with Gasteiger partial charge in [-0.25, -0.2) is 0 Å². The summed E-state index contributed by atoms with van der Waals surface area (Å²) in [5, 5.41) is 6.03. The number of para-hydroxylation sites is 2. The van der Waals surface area contributed by atoms with Gasteiger partial charge in [-0.15, -0.1) is 0 Å². The van der Waals surface area contributed by atoms with Crippen LogP contribution in [0.25, 0.3) is 0 Å². The Morgan fingerprint density at radius 2 is 1.55 bits per heavy atom. The van der Waals surface area contributed by atoms with E-state index < -0.39 is 12.0 Å². The smallest absolute Gasteiger partial charge is 0.234 e. The molecule has 98 valence electrons. The third kappa shape index (κ3) is 1.42. The number of nitrogens with one attached hydrogen (secondary N) is 2. The van der Waals surface area contributed by atoms with Crippen molar-refractivity contribution in [1.82, 2.24) is 0 Å². The maximum absolute atomic E-state index is 12.5. The first-order valence-electron chi connectivity index (χ1n) is 6.55. The fourth-order valence-electron chi connectivity index (χ4n) is 3.02. The lowest BCUT2D eigenvalue weighted by Crippen LogP contribution is -2.34. The molecular formula is C16H12N2O2. The van der Waals surface area contributed by atoms with Crippen molar-refractivity contribution in [2.75, 3.05) is 10.6 Å². The lowest BCUT2D eigenvalue weighted by molar-refractivity contribution is -0.117. The average molecular weight is 264 g/mol. The molecule has 2 aromatic rings. The van der Waals surface area contributed by atoms with E-state index in [1.807, 2.05) is 42.5 Å². The Hall–Kier alpha value is -2.62. The third-order valence-electron chi connectivity index (χ3n) is 3.96. The number of hydrogen-bond acceptors (Lipinski definition) is 3. The number of hydrogen-bond donors (Lipinski definition) is 2. The lowest BCUT2D eigenvalue weighted by atomic mass is 9.90. The fraction of sp³-hybridized carbons (Fsp3) is 0.125. The number of benzene rings is 2. The number of Topliss-reactive ketones (excluding diaryl/α,β-unsaturated/α-hetero) is 1. The van der Waals surface area contributed by atoms with Crippen LogP contribution >= 0.6 is 0 Å². The number of ketones is 1. The van der Waals surface area contributed by atoms with E-state index in [0.717, 1.165) is 16.9 Å². The molecule has 0 bridgehead atoms. The van der Waals surface area contributed by atoms with Crippen molar-refractivity contribution in [1.29, 1.82) is 0 Å². The van der Waals surface area contributed by atoms with Crippen LogP contribution in [-0.4, -0.2) is 17.7 Å². The molecule has 0 saturated carbocycles. The number of carbonyl (C=O) groups excluding carboxylic acids is 2. The Balaban J connectivity index is 1.77. The Morgan fingerprint density at radius 3 is 2.35 bits per heavy atom. The summed E-state index contributed by atoms with van der Waals surface area (Å²) in [6, 6.07) is 14.4. The van der Waals surface area contributed by atoms with Crippen molar-refractivity contribution >= 4 is 23.1 Å². The molecule has 0 aromatic heterocycles. The van der Waals surface area contributed by atoms with E-state index in [0.29, 0.717) is 5.56 Å². The van der Waals surface area contributed by atoms with Gasteiger partial charge < -0.3 is 10.6 Å². The lowest BCUT2D eigenvalue weighted by Gasteiger charge is -2.16. The molecule has 2 heterocycles. The second-order valence-corrected chi connectivity index (χ2v) is 5.09. The fourth-order valence-corrected chi connectivity index (χ4v) is 3.02. The highest BCUT2D eigenvalue weighted by Gasteiger charge is 2.44. The Bertz CT molecular complexity index is 739. The van der Waals surface area contributed by atoms with E-state index in [2.05, 4.69) is 10.6 Å². The molecule has 4 nitrogen and oxygen atoms in total. The van der Waals surface area contributed by atoms with Crippen molar-refractivity contribution in [3.05, 3.63) is 59.7 Å². The van der Waals surface area contributed by atoms with E-state index >= 15 is 0 Å². The highest BCUT2D eigenvalue weighted by molar-refractivity contribution is 6.16. The van der Waals surface area contributed by atoms with Gasteiger partial charge in [-0.05, 0) is 23.8 Å². The van der Waals surface area contributed by atoms with Crippen LogP contribution in [0, 0.1) is 0 Å². The first kappa shape index (κ1) is 11.2. The van der Waals surface area contributed by atoms with Crippen molar-refractivity contribution in [2.24, 2.45) is 0 Å². The van der Waals surface area contributed by atoms with Crippen LogP contribution in [0.1, 0.15) is 21.8 Å². The molecule has 0 saturated heterocycles. The van der Waals surface area contributed by atoms with E-state index in [4.69, 9.17) is 0 Å². The normalized spacial score (nSPS) is 23.0. The second kappa shape index (κ2) is 3.93. The maximum Gasteiger partial charge on any atom is 0.234 e. The molecule has 0 spiro atoms. The zero-order valence-electron chi connectivity index (χ0n) is 10.6. The van der Waals surface area contributed by atoms with Gasteiger partial charge in [0.2, 0.25) is 5.91 Å². The van der Waals surface area contributed by atoms with E-state index in [1.165, 1.54) is 0 Å². The summed E-state index contributed by atoms with van der Waals surface area (Å²) >= 11 is 0. The van der Waals surface area contributed by atoms with Gasteiger partial charge in [0.15, 0.2) is 5.78 Å². The predicted octanol–water partition coefficient (Wildman–Crippen LogP) is 2.40. The zero-order valence-corrected chi connectivity index (χ0v) is 10.6. The third-order valence-corrected chi connectivity index (χ3v) is 3.96. The van der Waals surface area contributed by atoms with Crippen molar-refractivity contribution in [3.8, 4) is 0 Å². The number of fused-ring (bicyclic) bond motifs is 2. The van der Waals surface area contributed by atoms with Crippen LogP contribution in [0.5, 0.6) is 0 Å². The summed E-state index contributed by atoms with van der Waals surface area (Å²) in [7, 11) is 0. The monoisotopic (exact) mass is 264 g/mol. The molecule has 0 fully saturated rings. The van der Waals surface area contributed by atoms with E-state index in [9.17, 15) is 9.59 Å². The van der Waals surface area contributed by atoms with Crippen molar-refractivity contribution < 1.29 is 9.59 Å². The van der Waals surface area contributed by atoms with Crippen molar-refractivity contribution in [2.45, 2.75) is 12.0 Å². The highest BCUT2D eigenvalue weighted by atomic mass is 16.2. The Kier molecular flexibility index (Phi) is 2.21. The summed E-state index contributed by atoms with van der Waals surface area (Å²) in [5.74, 6) is -0.603. The molecule has 2 aliphatic heterocycles. The van der Waals surface area contributed by atoms with Gasteiger partial charge in [0.25, 0.3) is 0 Å². The molecule has 0 aliphatic carbocycles. The number of carbonyl (C=O) groups is 2. The first-order valence-corrected chi connectivity index (χ1v) is 6.55. The molecule has 4 heteroatoms. The summed E-state index contributed by atoms with van der Waals surface area (Å²) in [4.78, 5) is 24.7. The summed E-state index contributed by atoms with van der Waals surface area (Å²) < 4.78 is 0. The van der Waals surface area contributed by atoms with E-state index in [-0.39, 0.29) is 11.7 Å². The van der Waals surface area contributed by atoms with Gasteiger partial charge >= 0.3 is 0 Å².